The predicted molar refractivity (Wildman–Crippen MR) is 59.6 cm³/mol. The maximum absolute atomic E-state index is 9.76. The van der Waals surface area contributed by atoms with Gasteiger partial charge in [0, 0.05) is 29.9 Å². The second-order valence-electron chi connectivity index (χ2n) is 3.24. The molecule has 1 unspecified atom stereocenters. The molecule has 0 aliphatic carbocycles. The molecule has 2 rings (SSSR count). The van der Waals surface area contributed by atoms with E-state index in [1.165, 1.54) is 0 Å². The Morgan fingerprint density at radius 3 is 3.13 bits per heavy atom. The van der Waals surface area contributed by atoms with Gasteiger partial charge in [0.15, 0.2) is 0 Å². The molecule has 0 spiro atoms. The second-order valence-corrected chi connectivity index (χ2v) is 4.22. The summed E-state index contributed by atoms with van der Waals surface area (Å²) >= 11 is 1.57. The van der Waals surface area contributed by atoms with Crippen molar-refractivity contribution in [3.8, 4) is 0 Å². The van der Waals surface area contributed by atoms with Gasteiger partial charge in [0.2, 0.25) is 0 Å². The summed E-state index contributed by atoms with van der Waals surface area (Å²) in [7, 11) is 0. The molecular formula is C10H13N3OS. The van der Waals surface area contributed by atoms with Crippen LogP contribution in [0, 0.1) is 0 Å². The molecule has 2 aromatic rings. The highest BCUT2D eigenvalue weighted by Crippen LogP contribution is 2.17. The van der Waals surface area contributed by atoms with Crippen LogP contribution in [0.3, 0.4) is 0 Å². The summed E-state index contributed by atoms with van der Waals surface area (Å²) in [4.78, 5) is 0.993. The van der Waals surface area contributed by atoms with E-state index >= 15 is 0 Å². The number of rotatable bonds is 5. The number of hydrogen-bond donors (Lipinski definition) is 3. The average molecular weight is 223 g/mol. The molecule has 0 aliphatic rings. The summed E-state index contributed by atoms with van der Waals surface area (Å²) < 4.78 is 0. The van der Waals surface area contributed by atoms with Gasteiger partial charge >= 0.3 is 0 Å². The van der Waals surface area contributed by atoms with Gasteiger partial charge in [-0.15, -0.1) is 11.3 Å². The molecule has 0 aromatic carbocycles. The Bertz CT molecular complexity index is 371. The summed E-state index contributed by atoms with van der Waals surface area (Å²) in [6.07, 6.45) is 1.29. The van der Waals surface area contributed by atoms with Crippen molar-refractivity contribution in [2.45, 2.75) is 12.6 Å². The van der Waals surface area contributed by atoms with Crippen molar-refractivity contribution in [3.05, 3.63) is 40.3 Å². The number of nitrogens with one attached hydrogen (secondary N) is 2. The van der Waals surface area contributed by atoms with Crippen molar-refractivity contribution in [3.63, 3.8) is 0 Å². The number of thiophene rings is 1. The average Bonchev–Trinajstić information content (AvgIpc) is 2.90. The van der Waals surface area contributed by atoms with E-state index in [4.69, 9.17) is 0 Å². The second kappa shape index (κ2) is 5.06. The summed E-state index contributed by atoms with van der Waals surface area (Å²) in [6.45, 7) is 1.25. The molecule has 2 heterocycles. The van der Waals surface area contributed by atoms with E-state index in [0.29, 0.717) is 13.1 Å². The monoisotopic (exact) mass is 223 g/mol. The first-order valence-electron chi connectivity index (χ1n) is 4.76. The lowest BCUT2D eigenvalue weighted by atomic mass is 10.3. The molecule has 1 atom stereocenters. The Morgan fingerprint density at radius 2 is 2.47 bits per heavy atom. The topological polar surface area (TPSA) is 60.9 Å². The van der Waals surface area contributed by atoms with Crippen LogP contribution in [0.2, 0.25) is 0 Å². The van der Waals surface area contributed by atoms with Crippen LogP contribution in [-0.2, 0) is 6.54 Å². The molecule has 0 bridgehead atoms. The van der Waals surface area contributed by atoms with Gasteiger partial charge in [0.25, 0.3) is 0 Å². The van der Waals surface area contributed by atoms with E-state index in [2.05, 4.69) is 15.5 Å². The van der Waals surface area contributed by atoms with E-state index in [-0.39, 0.29) is 0 Å². The largest absolute Gasteiger partial charge is 0.386 e. The molecule has 2 aromatic heterocycles. The van der Waals surface area contributed by atoms with Gasteiger partial charge in [0.1, 0.15) is 6.10 Å². The fourth-order valence-electron chi connectivity index (χ4n) is 1.31. The molecule has 4 nitrogen and oxygen atoms in total. The lowest BCUT2D eigenvalue weighted by Crippen LogP contribution is -2.20. The van der Waals surface area contributed by atoms with Gasteiger partial charge in [-0.05, 0) is 17.5 Å². The summed E-state index contributed by atoms with van der Waals surface area (Å²) in [5, 5.41) is 21.6. The van der Waals surface area contributed by atoms with E-state index in [1.54, 1.807) is 17.5 Å². The van der Waals surface area contributed by atoms with E-state index < -0.39 is 6.10 Å². The first-order valence-corrected chi connectivity index (χ1v) is 5.64. The minimum atomic E-state index is -0.423. The summed E-state index contributed by atoms with van der Waals surface area (Å²) in [6, 6.07) is 5.79. The van der Waals surface area contributed by atoms with Crippen molar-refractivity contribution in [1.29, 1.82) is 0 Å². The first-order chi connectivity index (χ1) is 7.36. The van der Waals surface area contributed by atoms with Crippen LogP contribution in [0.15, 0.2) is 29.8 Å². The Morgan fingerprint density at radius 1 is 1.53 bits per heavy atom. The molecule has 80 valence electrons. The van der Waals surface area contributed by atoms with Gasteiger partial charge < -0.3 is 10.4 Å². The van der Waals surface area contributed by atoms with Gasteiger partial charge in [0.05, 0.1) is 0 Å². The van der Waals surface area contributed by atoms with Crippen LogP contribution in [-0.4, -0.2) is 21.8 Å². The van der Waals surface area contributed by atoms with Crippen LogP contribution >= 0.6 is 11.3 Å². The number of aromatic nitrogens is 2. The lowest BCUT2D eigenvalue weighted by molar-refractivity contribution is 0.178. The number of aliphatic hydroxyl groups is 1. The highest BCUT2D eigenvalue weighted by atomic mass is 32.1. The highest BCUT2D eigenvalue weighted by Gasteiger charge is 2.07. The maximum Gasteiger partial charge on any atom is 0.101 e. The van der Waals surface area contributed by atoms with Crippen LogP contribution in [0.1, 0.15) is 16.7 Å². The smallest absolute Gasteiger partial charge is 0.101 e. The van der Waals surface area contributed by atoms with Gasteiger partial charge in [-0.1, -0.05) is 6.07 Å². The van der Waals surface area contributed by atoms with Crippen LogP contribution < -0.4 is 5.32 Å². The zero-order chi connectivity index (χ0) is 10.5. The fraction of sp³-hybridized carbons (Fsp3) is 0.300. The molecule has 0 fully saturated rings. The van der Waals surface area contributed by atoms with Crippen LogP contribution in [0.25, 0.3) is 0 Å². The van der Waals surface area contributed by atoms with Gasteiger partial charge in [-0.2, -0.15) is 5.10 Å². The van der Waals surface area contributed by atoms with Crippen molar-refractivity contribution < 1.29 is 5.11 Å². The van der Waals surface area contributed by atoms with Crippen molar-refractivity contribution in [1.82, 2.24) is 15.5 Å². The molecular weight excluding hydrogens is 210 g/mol. The minimum Gasteiger partial charge on any atom is -0.386 e. The molecule has 5 heteroatoms. The van der Waals surface area contributed by atoms with E-state index in [9.17, 15) is 5.11 Å². The van der Waals surface area contributed by atoms with Gasteiger partial charge in [-0.3, -0.25) is 5.10 Å². The summed E-state index contributed by atoms with van der Waals surface area (Å²) in [5.74, 6) is 0. The van der Waals surface area contributed by atoms with Crippen molar-refractivity contribution >= 4 is 11.3 Å². The lowest BCUT2D eigenvalue weighted by Gasteiger charge is -2.08. The van der Waals surface area contributed by atoms with Crippen molar-refractivity contribution in [2.75, 3.05) is 6.54 Å². The summed E-state index contributed by atoms with van der Waals surface area (Å²) in [5.41, 5.74) is 1.02. The highest BCUT2D eigenvalue weighted by molar-refractivity contribution is 7.10. The third-order valence-electron chi connectivity index (χ3n) is 2.08. The molecule has 0 radical (unpaired) electrons. The van der Waals surface area contributed by atoms with Crippen molar-refractivity contribution in [2.24, 2.45) is 0 Å². The standard InChI is InChI=1S/C10H13N3OS/c14-9(10-2-1-5-15-10)7-11-6-8-3-4-12-13-8/h1-5,9,11,14H,6-7H2,(H,12,13). The molecule has 0 saturated heterocycles. The zero-order valence-electron chi connectivity index (χ0n) is 8.18. The Labute approximate surface area is 92.0 Å². The Kier molecular flexibility index (Phi) is 3.49. The van der Waals surface area contributed by atoms with E-state index in [1.807, 2.05) is 23.6 Å². The quantitative estimate of drug-likeness (QED) is 0.716. The molecule has 15 heavy (non-hydrogen) atoms. The maximum atomic E-state index is 9.76. The first kappa shape index (κ1) is 10.4. The fourth-order valence-corrected chi connectivity index (χ4v) is 2.02. The zero-order valence-corrected chi connectivity index (χ0v) is 9.00. The molecule has 0 amide bonds. The van der Waals surface area contributed by atoms with Crippen LogP contribution in [0.4, 0.5) is 0 Å². The number of H-pyrrole nitrogens is 1. The SMILES string of the molecule is OC(CNCc1ccn[nH]1)c1cccs1. The van der Waals surface area contributed by atoms with Gasteiger partial charge in [-0.25, -0.2) is 0 Å². The normalized spacial score (nSPS) is 12.9. The third-order valence-corrected chi connectivity index (χ3v) is 3.06. The number of aliphatic hydroxyl groups excluding tert-OH is 1. The molecule has 0 aliphatic heterocycles. The number of aromatic amines is 1. The number of nitrogens with zero attached hydrogens (tertiary/aromatic N) is 1. The Balaban J connectivity index is 1.74. The Hall–Kier alpha value is -1.17. The van der Waals surface area contributed by atoms with Crippen LogP contribution in [0.5, 0.6) is 0 Å². The molecule has 0 saturated carbocycles. The number of hydrogen-bond acceptors (Lipinski definition) is 4. The minimum absolute atomic E-state index is 0.423. The van der Waals surface area contributed by atoms with E-state index in [0.717, 1.165) is 10.6 Å². The predicted octanol–water partition coefficient (Wildman–Crippen LogP) is 1.29. The third kappa shape index (κ3) is 2.89. The molecule has 3 N–H and O–H groups in total.